The van der Waals surface area contributed by atoms with Crippen LogP contribution in [0.15, 0.2) is 78.0 Å². The number of rotatable bonds is 19. The number of fused-ring (bicyclic) bond motifs is 1. The highest BCUT2D eigenvalue weighted by Gasteiger charge is 2.27. The van der Waals surface area contributed by atoms with Crippen LogP contribution in [-0.4, -0.2) is 52.4 Å². The van der Waals surface area contributed by atoms with E-state index in [0.717, 1.165) is 60.9 Å². The average molecular weight is 740 g/mol. The van der Waals surface area contributed by atoms with Crippen LogP contribution in [0.25, 0.3) is 0 Å². The fourth-order valence-corrected chi connectivity index (χ4v) is 6.88. The molecule has 6 rings (SSSR count). The van der Waals surface area contributed by atoms with Gasteiger partial charge in [0.05, 0.1) is 58.0 Å². The third-order valence-electron chi connectivity index (χ3n) is 9.88. The third-order valence-corrected chi connectivity index (χ3v) is 9.88. The molecule has 4 aromatic rings. The van der Waals surface area contributed by atoms with Crippen molar-refractivity contribution in [2.24, 2.45) is 5.16 Å². The Bertz CT molecular complexity index is 1910. The highest BCUT2D eigenvalue weighted by atomic mass is 16.6. The van der Waals surface area contributed by atoms with E-state index in [1.54, 1.807) is 25.3 Å². The number of carbonyl (C=O) groups is 1. The van der Waals surface area contributed by atoms with Gasteiger partial charge in [0.1, 0.15) is 11.9 Å². The van der Waals surface area contributed by atoms with Gasteiger partial charge in [-0.25, -0.2) is 0 Å². The molecule has 286 valence electrons. The molecule has 0 aromatic heterocycles. The number of ether oxygens (including phenoxy) is 3. The van der Waals surface area contributed by atoms with Crippen LogP contribution in [0.2, 0.25) is 0 Å². The van der Waals surface area contributed by atoms with Crippen molar-refractivity contribution in [3.05, 3.63) is 117 Å². The summed E-state index contributed by atoms with van der Waals surface area (Å²) in [4.78, 5) is 18.3. The molecule has 0 fully saturated rings. The van der Waals surface area contributed by atoms with E-state index in [1.165, 1.54) is 0 Å². The molecule has 0 spiro atoms. The van der Waals surface area contributed by atoms with Crippen LogP contribution < -0.4 is 24.8 Å². The van der Waals surface area contributed by atoms with E-state index in [0.29, 0.717) is 70.4 Å². The SMILES string of the molecule is COc1ccc(C2CC(c3cc(CO)c(CO)c(CO)c3)=NO2)cc1OCCCCCCCCOc1ccc(C2NC(=O)c3ccccc3N2)cc1CO. The molecule has 2 aliphatic heterocycles. The monoisotopic (exact) mass is 739 g/mol. The molecule has 0 aliphatic carbocycles. The number of oxime groups is 1. The molecule has 12 nitrogen and oxygen atoms in total. The van der Waals surface area contributed by atoms with Crippen molar-refractivity contribution >= 4 is 17.3 Å². The number of aliphatic hydroxyl groups excluding tert-OH is 4. The van der Waals surface area contributed by atoms with Gasteiger partial charge in [-0.1, -0.05) is 55.1 Å². The summed E-state index contributed by atoms with van der Waals surface area (Å²) in [6.07, 6.45) is 5.77. The van der Waals surface area contributed by atoms with Crippen molar-refractivity contribution in [2.45, 2.75) is 83.6 Å². The Morgan fingerprint density at radius 1 is 0.704 bits per heavy atom. The maximum atomic E-state index is 12.6. The predicted octanol–water partition coefficient (Wildman–Crippen LogP) is 6.18. The maximum Gasteiger partial charge on any atom is 0.255 e. The first-order valence-electron chi connectivity index (χ1n) is 18.5. The molecule has 2 aliphatic rings. The van der Waals surface area contributed by atoms with Gasteiger partial charge < -0.3 is 50.1 Å². The topological polar surface area (TPSA) is 171 Å². The quantitative estimate of drug-likeness (QED) is 0.0610. The van der Waals surface area contributed by atoms with Crippen molar-refractivity contribution in [3.8, 4) is 17.2 Å². The van der Waals surface area contributed by atoms with Crippen LogP contribution in [0.4, 0.5) is 5.69 Å². The first kappa shape index (κ1) is 38.6. The molecular formula is C42H49N3O9. The summed E-state index contributed by atoms with van der Waals surface area (Å²) in [5.74, 6) is 1.79. The van der Waals surface area contributed by atoms with E-state index in [-0.39, 0.29) is 38.4 Å². The number of nitrogens with zero attached hydrogens (tertiary/aromatic N) is 1. The maximum absolute atomic E-state index is 12.6. The molecule has 1 amide bonds. The summed E-state index contributed by atoms with van der Waals surface area (Å²) < 4.78 is 17.7. The number of unbranched alkanes of at least 4 members (excludes halogenated alkanes) is 5. The lowest BCUT2D eigenvalue weighted by Crippen LogP contribution is -2.38. The number of para-hydroxylation sites is 1. The molecule has 0 bridgehead atoms. The van der Waals surface area contributed by atoms with Crippen molar-refractivity contribution in [3.63, 3.8) is 0 Å². The molecule has 2 atom stereocenters. The molecule has 0 radical (unpaired) electrons. The second-order valence-corrected chi connectivity index (χ2v) is 13.4. The van der Waals surface area contributed by atoms with Crippen LogP contribution in [0, 0.1) is 0 Å². The number of anilines is 1. The van der Waals surface area contributed by atoms with Crippen molar-refractivity contribution < 1.29 is 44.3 Å². The minimum Gasteiger partial charge on any atom is -0.493 e. The Balaban J connectivity index is 0.900. The Kier molecular flexibility index (Phi) is 13.4. The van der Waals surface area contributed by atoms with Gasteiger partial charge in [0.25, 0.3) is 5.91 Å². The van der Waals surface area contributed by atoms with E-state index >= 15 is 0 Å². The lowest BCUT2D eigenvalue weighted by molar-refractivity contribution is 0.0854. The van der Waals surface area contributed by atoms with Crippen LogP contribution in [-0.2, 0) is 31.3 Å². The zero-order valence-electron chi connectivity index (χ0n) is 30.6. The second-order valence-electron chi connectivity index (χ2n) is 13.4. The largest absolute Gasteiger partial charge is 0.493 e. The molecule has 12 heteroatoms. The van der Waals surface area contributed by atoms with Gasteiger partial charge in [0, 0.05) is 23.2 Å². The van der Waals surface area contributed by atoms with E-state index < -0.39 is 6.17 Å². The number of hydrogen-bond donors (Lipinski definition) is 6. The summed E-state index contributed by atoms with van der Waals surface area (Å²) in [5.41, 5.74) is 6.85. The van der Waals surface area contributed by atoms with E-state index in [2.05, 4.69) is 15.8 Å². The first-order valence-corrected chi connectivity index (χ1v) is 18.5. The van der Waals surface area contributed by atoms with Crippen molar-refractivity contribution in [2.75, 3.05) is 25.6 Å². The average Bonchev–Trinajstić information content (AvgIpc) is 3.71. The molecular weight excluding hydrogens is 690 g/mol. The Labute approximate surface area is 315 Å². The van der Waals surface area contributed by atoms with Gasteiger partial charge in [-0.15, -0.1) is 0 Å². The number of hydrogen-bond acceptors (Lipinski definition) is 11. The Morgan fingerprint density at radius 3 is 2.04 bits per heavy atom. The van der Waals surface area contributed by atoms with E-state index in [4.69, 9.17) is 19.0 Å². The summed E-state index contributed by atoms with van der Waals surface area (Å²) in [6, 6.07) is 22.3. The van der Waals surface area contributed by atoms with Gasteiger partial charge in [-0.2, -0.15) is 0 Å². The number of amides is 1. The number of nitrogens with one attached hydrogen (secondary N) is 2. The summed E-state index contributed by atoms with van der Waals surface area (Å²) in [6.45, 7) is 0.153. The molecule has 0 saturated heterocycles. The van der Waals surface area contributed by atoms with Crippen molar-refractivity contribution in [1.82, 2.24) is 5.32 Å². The van der Waals surface area contributed by atoms with E-state index in [1.807, 2.05) is 54.6 Å². The summed E-state index contributed by atoms with van der Waals surface area (Å²) >= 11 is 0. The lowest BCUT2D eigenvalue weighted by atomic mass is 9.94. The predicted molar refractivity (Wildman–Crippen MR) is 204 cm³/mol. The standard InChI is InChI=1S/C42H49N3O9/c1-51-38-15-12-27(39-22-36(45-54-39)29-19-30(23-46)34(26-49)31(20-29)24-47)21-40(38)53-17-9-5-3-2-4-8-16-52-37-14-13-28(18-32(37)25-48)41-43-35-11-7-6-10-33(35)42(50)44-41/h6-7,10-15,18-21,39,41,43,46-49H,2-5,8-9,16-17,22-26H2,1H3,(H,44,50). The van der Waals surface area contributed by atoms with Crippen LogP contribution >= 0.6 is 0 Å². The van der Waals surface area contributed by atoms with Gasteiger partial charge in [0.2, 0.25) is 0 Å². The van der Waals surface area contributed by atoms with Gasteiger partial charge in [-0.05, 0) is 89.2 Å². The first-order chi connectivity index (χ1) is 26.5. The molecule has 4 aromatic carbocycles. The number of methoxy groups -OCH3 is 1. The molecule has 6 N–H and O–H groups in total. The molecule has 2 heterocycles. The Hall–Kier alpha value is -5.14. The molecule has 54 heavy (non-hydrogen) atoms. The molecule has 2 unspecified atom stereocenters. The highest BCUT2D eigenvalue weighted by molar-refractivity contribution is 6.02. The van der Waals surface area contributed by atoms with Gasteiger partial charge >= 0.3 is 0 Å². The van der Waals surface area contributed by atoms with Crippen LogP contribution in [0.3, 0.4) is 0 Å². The Morgan fingerprint density at radius 2 is 1.35 bits per heavy atom. The number of carbonyl (C=O) groups excluding carboxylic acids is 1. The minimum absolute atomic E-state index is 0.137. The normalized spacial score (nSPS) is 16.2. The van der Waals surface area contributed by atoms with Gasteiger partial charge in [0.15, 0.2) is 17.6 Å². The highest BCUT2D eigenvalue weighted by Crippen LogP contribution is 2.36. The van der Waals surface area contributed by atoms with Crippen LogP contribution in [0.5, 0.6) is 17.2 Å². The summed E-state index contributed by atoms with van der Waals surface area (Å²) in [7, 11) is 1.61. The molecule has 0 saturated carbocycles. The van der Waals surface area contributed by atoms with Crippen molar-refractivity contribution in [1.29, 1.82) is 0 Å². The zero-order valence-corrected chi connectivity index (χ0v) is 30.6. The van der Waals surface area contributed by atoms with Gasteiger partial charge in [-0.3, -0.25) is 4.79 Å². The number of benzene rings is 4. The second kappa shape index (κ2) is 18.8. The third kappa shape index (κ3) is 9.14. The lowest BCUT2D eigenvalue weighted by Gasteiger charge is -2.28. The van der Waals surface area contributed by atoms with E-state index in [9.17, 15) is 25.2 Å². The minimum atomic E-state index is -0.395. The summed E-state index contributed by atoms with van der Waals surface area (Å²) in [5, 5.41) is 50.0. The number of aliphatic hydroxyl groups is 4. The zero-order chi connectivity index (χ0) is 37.9. The smallest absolute Gasteiger partial charge is 0.255 e. The van der Waals surface area contributed by atoms with Crippen LogP contribution in [0.1, 0.15) is 107 Å². The fraction of sp³-hybridized carbons (Fsp3) is 0.381. The fourth-order valence-electron chi connectivity index (χ4n) is 6.88.